The van der Waals surface area contributed by atoms with E-state index in [1.54, 1.807) is 14.2 Å². The number of hydrogen-bond acceptors (Lipinski definition) is 5. The number of hydrogen-bond donors (Lipinski definition) is 1. The Kier molecular flexibility index (Phi) is 5.45. The highest BCUT2D eigenvalue weighted by Crippen LogP contribution is 2.36. The van der Waals surface area contributed by atoms with Crippen LogP contribution in [0.25, 0.3) is 0 Å². The van der Waals surface area contributed by atoms with Gasteiger partial charge in [-0.05, 0) is 17.7 Å². The molecule has 1 aromatic rings. The van der Waals surface area contributed by atoms with Crippen molar-refractivity contribution in [2.24, 2.45) is 0 Å². The Hall–Kier alpha value is -0.820. The van der Waals surface area contributed by atoms with E-state index in [1.165, 1.54) is 0 Å². The lowest BCUT2D eigenvalue weighted by molar-refractivity contribution is 0.0288. The summed E-state index contributed by atoms with van der Waals surface area (Å²) in [4.78, 5) is 0. The monoisotopic (exact) mass is 331 g/mol. The topological polar surface area (TPSA) is 49.0 Å². The van der Waals surface area contributed by atoms with Crippen LogP contribution in [0.5, 0.6) is 11.5 Å². The molecule has 6 heteroatoms. The highest BCUT2D eigenvalue weighted by Gasteiger charge is 2.16. The zero-order valence-corrected chi connectivity index (χ0v) is 12.7. The summed E-state index contributed by atoms with van der Waals surface area (Å²) in [6.45, 7) is 2.32. The predicted molar refractivity (Wildman–Crippen MR) is 74.6 cm³/mol. The van der Waals surface area contributed by atoms with Crippen molar-refractivity contribution in [2.75, 3.05) is 34.2 Å². The van der Waals surface area contributed by atoms with Crippen molar-refractivity contribution in [3.8, 4) is 11.5 Å². The van der Waals surface area contributed by atoms with Gasteiger partial charge in [0.05, 0.1) is 12.7 Å². The second kappa shape index (κ2) is 7.09. The summed E-state index contributed by atoms with van der Waals surface area (Å²) in [7, 11) is 3.35. The predicted octanol–water partition coefficient (Wildman–Crippen LogP) is 1.93. The minimum Gasteiger partial charge on any atom is -0.454 e. The second-order valence-electron chi connectivity index (χ2n) is 4.24. The molecule has 1 aliphatic heterocycles. The van der Waals surface area contributed by atoms with Gasteiger partial charge in [-0.1, -0.05) is 15.9 Å². The number of ether oxygens (including phenoxy) is 4. The van der Waals surface area contributed by atoms with Crippen LogP contribution in [0, 0.1) is 0 Å². The molecule has 1 unspecified atom stereocenters. The van der Waals surface area contributed by atoms with E-state index in [0.29, 0.717) is 6.61 Å². The van der Waals surface area contributed by atoms with Crippen molar-refractivity contribution >= 4 is 15.9 Å². The molecule has 0 aromatic heterocycles. The first-order valence-electron chi connectivity index (χ1n) is 6.05. The molecular formula is C13H18BrNO4. The fourth-order valence-corrected chi connectivity index (χ4v) is 2.32. The summed E-state index contributed by atoms with van der Waals surface area (Å²) in [5, 5.41) is 3.34. The SMILES string of the molecule is COCC(CNCc1cc2c(cc1Br)OCO2)OC. The van der Waals surface area contributed by atoms with Crippen LogP contribution in [0.3, 0.4) is 0 Å². The molecule has 1 atom stereocenters. The van der Waals surface area contributed by atoms with E-state index in [1.807, 2.05) is 12.1 Å². The Labute approximate surface area is 121 Å². The fourth-order valence-electron chi connectivity index (χ4n) is 1.86. The largest absolute Gasteiger partial charge is 0.454 e. The minimum atomic E-state index is 0.0535. The van der Waals surface area contributed by atoms with E-state index >= 15 is 0 Å². The maximum absolute atomic E-state index is 5.37. The van der Waals surface area contributed by atoms with Gasteiger partial charge in [0.2, 0.25) is 6.79 Å². The number of rotatable bonds is 7. The zero-order chi connectivity index (χ0) is 13.7. The van der Waals surface area contributed by atoms with Crippen LogP contribution in [-0.2, 0) is 16.0 Å². The smallest absolute Gasteiger partial charge is 0.231 e. The third-order valence-electron chi connectivity index (χ3n) is 2.91. The van der Waals surface area contributed by atoms with Gasteiger partial charge in [-0.25, -0.2) is 0 Å². The summed E-state index contributed by atoms with van der Waals surface area (Å²) in [6, 6.07) is 3.92. The van der Waals surface area contributed by atoms with E-state index in [9.17, 15) is 0 Å². The lowest BCUT2D eigenvalue weighted by atomic mass is 10.2. The molecule has 1 N–H and O–H groups in total. The van der Waals surface area contributed by atoms with Gasteiger partial charge < -0.3 is 24.3 Å². The zero-order valence-electron chi connectivity index (χ0n) is 11.1. The molecule has 0 bridgehead atoms. The summed E-state index contributed by atoms with van der Waals surface area (Å²) >= 11 is 3.53. The molecule has 0 amide bonds. The van der Waals surface area contributed by atoms with E-state index in [-0.39, 0.29) is 12.9 Å². The molecule has 0 radical (unpaired) electrons. The number of nitrogens with one attached hydrogen (secondary N) is 1. The van der Waals surface area contributed by atoms with Gasteiger partial charge in [-0.3, -0.25) is 0 Å². The van der Waals surface area contributed by atoms with Crippen LogP contribution < -0.4 is 14.8 Å². The number of halogens is 1. The highest BCUT2D eigenvalue weighted by atomic mass is 79.9. The summed E-state index contributed by atoms with van der Waals surface area (Å²) in [6.07, 6.45) is 0.0535. The maximum Gasteiger partial charge on any atom is 0.231 e. The molecule has 2 rings (SSSR count). The van der Waals surface area contributed by atoms with Crippen molar-refractivity contribution in [3.05, 3.63) is 22.2 Å². The lowest BCUT2D eigenvalue weighted by Crippen LogP contribution is -2.31. The third kappa shape index (κ3) is 3.82. The summed E-state index contributed by atoms with van der Waals surface area (Å²) in [5.41, 5.74) is 1.12. The van der Waals surface area contributed by atoms with Crippen molar-refractivity contribution in [3.63, 3.8) is 0 Å². The van der Waals surface area contributed by atoms with Crippen LogP contribution in [0.15, 0.2) is 16.6 Å². The van der Waals surface area contributed by atoms with Crippen molar-refractivity contribution < 1.29 is 18.9 Å². The minimum absolute atomic E-state index is 0.0535. The first kappa shape index (κ1) is 14.6. The molecule has 0 aliphatic carbocycles. The highest BCUT2D eigenvalue weighted by molar-refractivity contribution is 9.10. The van der Waals surface area contributed by atoms with Crippen LogP contribution in [0.2, 0.25) is 0 Å². The molecule has 1 aromatic carbocycles. The number of fused-ring (bicyclic) bond motifs is 1. The van der Waals surface area contributed by atoms with Crippen LogP contribution in [-0.4, -0.2) is 40.3 Å². The van der Waals surface area contributed by atoms with Crippen LogP contribution >= 0.6 is 15.9 Å². The van der Waals surface area contributed by atoms with Crippen molar-refractivity contribution in [1.82, 2.24) is 5.32 Å². The van der Waals surface area contributed by atoms with E-state index in [2.05, 4.69) is 21.2 Å². The van der Waals surface area contributed by atoms with E-state index < -0.39 is 0 Å². The summed E-state index contributed by atoms with van der Waals surface area (Å²) in [5.74, 6) is 1.57. The van der Waals surface area contributed by atoms with Gasteiger partial charge in [0.15, 0.2) is 11.5 Å². The molecule has 1 heterocycles. The molecule has 1 aliphatic rings. The molecule has 19 heavy (non-hydrogen) atoms. The van der Waals surface area contributed by atoms with Gasteiger partial charge in [-0.2, -0.15) is 0 Å². The van der Waals surface area contributed by atoms with Gasteiger partial charge in [-0.15, -0.1) is 0 Å². The Bertz CT molecular complexity index is 427. The average molecular weight is 332 g/mol. The van der Waals surface area contributed by atoms with E-state index in [4.69, 9.17) is 18.9 Å². The molecule has 5 nitrogen and oxygen atoms in total. The Morgan fingerprint density at radius 1 is 1.32 bits per heavy atom. The Morgan fingerprint density at radius 2 is 2.05 bits per heavy atom. The average Bonchev–Trinajstić information content (AvgIpc) is 2.84. The third-order valence-corrected chi connectivity index (χ3v) is 3.65. The molecule has 0 saturated heterocycles. The first-order valence-corrected chi connectivity index (χ1v) is 6.84. The fraction of sp³-hybridized carbons (Fsp3) is 0.538. The van der Waals surface area contributed by atoms with Gasteiger partial charge in [0.1, 0.15) is 0 Å². The lowest BCUT2D eigenvalue weighted by Gasteiger charge is -2.15. The summed E-state index contributed by atoms with van der Waals surface area (Å²) < 4.78 is 22.0. The van der Waals surface area contributed by atoms with Crippen LogP contribution in [0.4, 0.5) is 0 Å². The molecule has 0 spiro atoms. The van der Waals surface area contributed by atoms with Crippen molar-refractivity contribution in [1.29, 1.82) is 0 Å². The Morgan fingerprint density at radius 3 is 2.74 bits per heavy atom. The van der Waals surface area contributed by atoms with Gasteiger partial charge >= 0.3 is 0 Å². The van der Waals surface area contributed by atoms with Crippen molar-refractivity contribution in [2.45, 2.75) is 12.6 Å². The normalized spacial score (nSPS) is 14.7. The molecule has 0 fully saturated rings. The molecule has 106 valence electrons. The number of methoxy groups -OCH3 is 2. The van der Waals surface area contributed by atoms with Gasteiger partial charge in [0, 0.05) is 31.8 Å². The van der Waals surface area contributed by atoms with E-state index in [0.717, 1.165) is 34.6 Å². The first-order chi connectivity index (χ1) is 9.24. The standard InChI is InChI=1S/C13H18BrNO4/c1-16-7-10(17-2)6-15-5-9-3-12-13(4-11(9)14)19-8-18-12/h3-4,10,15H,5-8H2,1-2H3. The molecular weight excluding hydrogens is 314 g/mol. The van der Waals surface area contributed by atoms with Gasteiger partial charge in [0.25, 0.3) is 0 Å². The quantitative estimate of drug-likeness (QED) is 0.827. The maximum atomic E-state index is 5.37. The Balaban J connectivity index is 1.89. The second-order valence-corrected chi connectivity index (χ2v) is 5.10. The van der Waals surface area contributed by atoms with Crippen LogP contribution in [0.1, 0.15) is 5.56 Å². The number of benzene rings is 1. The molecule has 0 saturated carbocycles.